The molecule has 0 amide bonds. The summed E-state index contributed by atoms with van der Waals surface area (Å²) < 4.78 is 10.1. The van der Waals surface area contributed by atoms with Gasteiger partial charge in [0.05, 0.1) is 67.3 Å². The number of carbonyl (C=O) groups is 4. The van der Waals surface area contributed by atoms with Crippen LogP contribution in [0.5, 0.6) is 0 Å². The zero-order chi connectivity index (χ0) is 27.8. The van der Waals surface area contributed by atoms with Gasteiger partial charge in [0.2, 0.25) is 0 Å². The third-order valence-electron chi connectivity index (χ3n) is 5.08. The van der Waals surface area contributed by atoms with Crippen LogP contribution in [0.4, 0.5) is 0 Å². The minimum Gasteiger partial charge on any atom is -0.478 e. The Labute approximate surface area is 212 Å². The molecule has 0 fully saturated rings. The molecule has 0 atom stereocenters. The van der Waals surface area contributed by atoms with Crippen LogP contribution in [-0.4, -0.2) is 94.2 Å². The standard InChI is InChI=1S/C20H18O8.C5H12O4/c21-17(22)13-3-7-15(8-4-13)19(25)27-11-1-2-12-28-20(26)16-9-5-14(6-10-16)18(23)24;6-1-5(2-7,3-8)4-9/h3-10H,1-2,11-12H2,(H,21,22)(H,23,24);6-9H,1-4H2. The van der Waals surface area contributed by atoms with E-state index in [2.05, 4.69) is 0 Å². The summed E-state index contributed by atoms with van der Waals surface area (Å²) in [5, 5.41) is 51.6. The molecule has 0 aliphatic rings. The predicted octanol–water partition coefficient (Wildman–Crippen LogP) is 0.819. The van der Waals surface area contributed by atoms with Gasteiger partial charge in [-0.1, -0.05) is 0 Å². The van der Waals surface area contributed by atoms with Gasteiger partial charge in [-0.15, -0.1) is 0 Å². The monoisotopic (exact) mass is 522 g/mol. The lowest BCUT2D eigenvalue weighted by atomic mass is 9.93. The number of unbranched alkanes of at least 4 members (excludes halogenated alkanes) is 1. The van der Waals surface area contributed by atoms with Crippen molar-refractivity contribution >= 4 is 23.9 Å². The molecule has 0 aromatic heterocycles. The quantitative estimate of drug-likeness (QED) is 0.160. The van der Waals surface area contributed by atoms with Gasteiger partial charge in [-0.3, -0.25) is 0 Å². The van der Waals surface area contributed by atoms with Gasteiger partial charge in [-0.25, -0.2) is 19.2 Å². The summed E-state index contributed by atoms with van der Waals surface area (Å²) in [5.41, 5.74) is -0.450. The van der Waals surface area contributed by atoms with Crippen LogP contribution >= 0.6 is 0 Å². The van der Waals surface area contributed by atoms with E-state index >= 15 is 0 Å². The second kappa shape index (κ2) is 16.0. The van der Waals surface area contributed by atoms with Crippen LogP contribution in [0, 0.1) is 5.41 Å². The van der Waals surface area contributed by atoms with E-state index in [0.717, 1.165) is 0 Å². The third-order valence-corrected chi connectivity index (χ3v) is 5.08. The van der Waals surface area contributed by atoms with Crippen molar-refractivity contribution in [2.24, 2.45) is 5.41 Å². The van der Waals surface area contributed by atoms with E-state index < -0.39 is 55.7 Å². The first-order valence-electron chi connectivity index (χ1n) is 11.1. The van der Waals surface area contributed by atoms with Gasteiger partial charge in [0.15, 0.2) is 0 Å². The molecule has 0 unspecified atom stereocenters. The zero-order valence-corrected chi connectivity index (χ0v) is 19.9. The highest BCUT2D eigenvalue weighted by molar-refractivity contribution is 5.93. The number of esters is 2. The summed E-state index contributed by atoms with van der Waals surface area (Å²) in [6.07, 6.45) is 0.953. The van der Waals surface area contributed by atoms with E-state index in [9.17, 15) is 19.2 Å². The molecule has 0 saturated carbocycles. The Morgan fingerprint density at radius 3 is 1.03 bits per heavy atom. The molecule has 2 aromatic carbocycles. The number of carboxylic acids is 2. The Balaban J connectivity index is 0.000000649. The smallest absolute Gasteiger partial charge is 0.338 e. The minimum absolute atomic E-state index is 0.0796. The SMILES string of the molecule is O=C(O)c1ccc(C(=O)OCCCCOC(=O)c2ccc(C(=O)O)cc2)cc1.OCC(CO)(CO)CO. The molecule has 0 aliphatic heterocycles. The van der Waals surface area contributed by atoms with Crippen molar-refractivity contribution in [1.82, 2.24) is 0 Å². The van der Waals surface area contributed by atoms with Gasteiger partial charge in [-0.2, -0.15) is 0 Å². The number of carbonyl (C=O) groups excluding carboxylic acids is 2. The first-order chi connectivity index (χ1) is 17.6. The molecule has 0 radical (unpaired) electrons. The minimum atomic E-state index is -1.11. The number of ether oxygens (including phenoxy) is 2. The summed E-state index contributed by atoms with van der Waals surface area (Å²) in [7, 11) is 0. The van der Waals surface area contributed by atoms with Gasteiger partial charge >= 0.3 is 23.9 Å². The fraction of sp³-hybridized carbons (Fsp3) is 0.360. The highest BCUT2D eigenvalue weighted by Crippen LogP contribution is 2.12. The molecule has 0 saturated heterocycles. The molecule has 0 bridgehead atoms. The number of hydrogen-bond donors (Lipinski definition) is 6. The molecule has 0 heterocycles. The van der Waals surface area contributed by atoms with Gasteiger partial charge in [-0.05, 0) is 61.4 Å². The van der Waals surface area contributed by atoms with E-state index in [0.29, 0.717) is 12.8 Å². The number of benzene rings is 2. The molecule has 37 heavy (non-hydrogen) atoms. The molecule has 12 nitrogen and oxygen atoms in total. The van der Waals surface area contributed by atoms with Crippen LogP contribution in [0.2, 0.25) is 0 Å². The molecule has 6 N–H and O–H groups in total. The van der Waals surface area contributed by atoms with E-state index in [1.54, 1.807) is 0 Å². The molecule has 12 heteroatoms. The summed E-state index contributed by atoms with van der Waals surface area (Å²) in [6.45, 7) is -1.37. The fourth-order valence-electron chi connectivity index (χ4n) is 2.50. The van der Waals surface area contributed by atoms with Crippen LogP contribution in [-0.2, 0) is 9.47 Å². The topological polar surface area (TPSA) is 208 Å². The lowest BCUT2D eigenvalue weighted by Crippen LogP contribution is -2.37. The van der Waals surface area contributed by atoms with Crippen LogP contribution < -0.4 is 0 Å². The summed E-state index contributed by atoms with van der Waals surface area (Å²) in [4.78, 5) is 45.2. The Kier molecular flexibility index (Phi) is 13.5. The van der Waals surface area contributed by atoms with Gasteiger partial charge in [0.25, 0.3) is 0 Å². The van der Waals surface area contributed by atoms with Crippen molar-refractivity contribution in [3.8, 4) is 0 Å². The average Bonchev–Trinajstić information content (AvgIpc) is 2.92. The van der Waals surface area contributed by atoms with E-state index in [1.165, 1.54) is 48.5 Å². The number of aliphatic hydroxyl groups excluding tert-OH is 4. The van der Waals surface area contributed by atoms with Crippen molar-refractivity contribution in [2.45, 2.75) is 12.8 Å². The largest absolute Gasteiger partial charge is 0.478 e. The Morgan fingerprint density at radius 1 is 0.541 bits per heavy atom. The van der Waals surface area contributed by atoms with Gasteiger partial charge in [0, 0.05) is 0 Å². The average molecular weight is 523 g/mol. The zero-order valence-electron chi connectivity index (χ0n) is 19.9. The normalized spacial score (nSPS) is 10.6. The maximum atomic E-state index is 11.8. The number of hydrogen-bond acceptors (Lipinski definition) is 10. The summed E-state index contributed by atoms with van der Waals surface area (Å²) in [5.74, 6) is -3.28. The predicted molar refractivity (Wildman–Crippen MR) is 127 cm³/mol. The van der Waals surface area contributed by atoms with Crippen molar-refractivity contribution in [2.75, 3.05) is 39.6 Å². The Bertz CT molecular complexity index is 920. The highest BCUT2D eigenvalue weighted by atomic mass is 16.5. The number of carboxylic acid groups (broad SMARTS) is 2. The molecular formula is C25H30O12. The first kappa shape index (κ1) is 31.2. The molecule has 2 aromatic rings. The van der Waals surface area contributed by atoms with E-state index in [1.807, 2.05) is 0 Å². The molecule has 0 spiro atoms. The molecule has 2 rings (SSSR count). The summed E-state index contributed by atoms with van der Waals surface area (Å²) >= 11 is 0. The number of aromatic carboxylic acids is 2. The third kappa shape index (κ3) is 10.4. The van der Waals surface area contributed by atoms with Gasteiger partial charge in [0.1, 0.15) is 0 Å². The van der Waals surface area contributed by atoms with Crippen LogP contribution in [0.3, 0.4) is 0 Å². The van der Waals surface area contributed by atoms with Gasteiger partial charge < -0.3 is 40.1 Å². The van der Waals surface area contributed by atoms with Crippen LogP contribution in [0.1, 0.15) is 54.3 Å². The number of aliphatic hydroxyl groups is 4. The van der Waals surface area contributed by atoms with Crippen molar-refractivity contribution in [1.29, 1.82) is 0 Å². The molecule has 202 valence electrons. The maximum Gasteiger partial charge on any atom is 0.338 e. The number of rotatable bonds is 13. The van der Waals surface area contributed by atoms with Crippen molar-refractivity contribution in [3.63, 3.8) is 0 Å². The fourth-order valence-corrected chi connectivity index (χ4v) is 2.50. The van der Waals surface area contributed by atoms with Crippen molar-refractivity contribution in [3.05, 3.63) is 70.8 Å². The second-order valence-corrected chi connectivity index (χ2v) is 7.88. The van der Waals surface area contributed by atoms with Crippen molar-refractivity contribution < 1.29 is 59.3 Å². The maximum absolute atomic E-state index is 11.8. The van der Waals surface area contributed by atoms with Crippen LogP contribution in [0.25, 0.3) is 0 Å². The second-order valence-electron chi connectivity index (χ2n) is 7.88. The Hall–Kier alpha value is -3.84. The lowest BCUT2D eigenvalue weighted by Gasteiger charge is -2.23. The highest BCUT2D eigenvalue weighted by Gasteiger charge is 2.26. The van der Waals surface area contributed by atoms with E-state index in [4.69, 9.17) is 40.1 Å². The van der Waals surface area contributed by atoms with Crippen LogP contribution in [0.15, 0.2) is 48.5 Å². The lowest BCUT2D eigenvalue weighted by molar-refractivity contribution is -0.0328. The van der Waals surface area contributed by atoms with E-state index in [-0.39, 0.29) is 35.5 Å². The molecule has 0 aliphatic carbocycles. The summed E-state index contributed by atoms with van der Waals surface area (Å²) in [6, 6.07) is 10.8. The Morgan fingerprint density at radius 2 is 0.811 bits per heavy atom. The first-order valence-corrected chi connectivity index (χ1v) is 11.1. The molecular weight excluding hydrogens is 492 g/mol.